The van der Waals surface area contributed by atoms with Gasteiger partial charge < -0.3 is 0 Å². The Labute approximate surface area is 206 Å². The molecule has 5 rings (SSSR count). The van der Waals surface area contributed by atoms with Crippen molar-refractivity contribution in [3.8, 4) is 22.6 Å². The Balaban J connectivity index is 1.34. The van der Waals surface area contributed by atoms with Crippen LogP contribution >= 0.6 is 0 Å². The van der Waals surface area contributed by atoms with Crippen molar-refractivity contribution in [1.82, 2.24) is 40.4 Å². The maximum Gasteiger partial charge on any atom is 0.180 e. The fourth-order valence-corrected chi connectivity index (χ4v) is 5.04. The Morgan fingerprint density at radius 1 is 1.00 bits per heavy atom. The molecule has 1 aromatic carbocycles. The zero-order valence-corrected chi connectivity index (χ0v) is 20.5. The van der Waals surface area contributed by atoms with Gasteiger partial charge in [-0.15, -0.1) is 5.10 Å². The summed E-state index contributed by atoms with van der Waals surface area (Å²) in [6.45, 7) is 2.93. The molecule has 8 nitrogen and oxygen atoms in total. The van der Waals surface area contributed by atoms with Gasteiger partial charge in [-0.1, -0.05) is 82.2 Å². The van der Waals surface area contributed by atoms with Crippen LogP contribution in [0, 0.1) is 5.92 Å². The highest BCUT2D eigenvalue weighted by Crippen LogP contribution is 2.29. The quantitative estimate of drug-likeness (QED) is 0.311. The van der Waals surface area contributed by atoms with Gasteiger partial charge in [0.25, 0.3) is 0 Å². The maximum absolute atomic E-state index is 4.99. The SMILES string of the molecule is CCCCCc1nc(CC2CCCCC2)nn1Cc1ccc(-c2ccccc2-c2nnn[nH]2)nc1. The van der Waals surface area contributed by atoms with E-state index < -0.39 is 0 Å². The van der Waals surface area contributed by atoms with E-state index in [0.717, 1.165) is 59.2 Å². The lowest BCUT2D eigenvalue weighted by Crippen LogP contribution is -2.11. The van der Waals surface area contributed by atoms with Gasteiger partial charge in [0.1, 0.15) is 5.82 Å². The van der Waals surface area contributed by atoms with Gasteiger partial charge in [-0.3, -0.25) is 4.98 Å². The van der Waals surface area contributed by atoms with Gasteiger partial charge in [0.15, 0.2) is 11.6 Å². The summed E-state index contributed by atoms with van der Waals surface area (Å²) in [5.41, 5.74) is 3.94. The van der Waals surface area contributed by atoms with Gasteiger partial charge in [0.05, 0.1) is 12.2 Å². The highest BCUT2D eigenvalue weighted by molar-refractivity contribution is 5.78. The maximum atomic E-state index is 4.99. The normalized spacial score (nSPS) is 14.4. The number of hydrogen-bond acceptors (Lipinski definition) is 6. The standard InChI is InChI=1S/C27H34N8/c1-2-3-5-14-26-29-25(17-20-10-6-4-7-11-20)32-35(26)19-21-15-16-24(28-18-21)22-12-8-9-13-23(22)27-30-33-34-31-27/h8-9,12-13,15-16,18,20H,2-7,10-11,14,17,19H2,1H3,(H,30,31,33,34). The summed E-state index contributed by atoms with van der Waals surface area (Å²) in [4.78, 5) is 9.76. The first-order valence-corrected chi connectivity index (χ1v) is 13.0. The Morgan fingerprint density at radius 3 is 2.60 bits per heavy atom. The first-order valence-electron chi connectivity index (χ1n) is 13.0. The third-order valence-electron chi connectivity index (χ3n) is 6.95. The summed E-state index contributed by atoms with van der Waals surface area (Å²) in [6, 6.07) is 12.2. The number of benzene rings is 1. The second-order valence-corrected chi connectivity index (χ2v) is 9.61. The molecule has 4 aromatic rings. The number of pyridine rings is 1. The molecular formula is C27H34N8. The van der Waals surface area contributed by atoms with E-state index in [1.807, 2.05) is 30.5 Å². The summed E-state index contributed by atoms with van der Waals surface area (Å²) >= 11 is 0. The van der Waals surface area contributed by atoms with Crippen molar-refractivity contribution in [2.75, 3.05) is 0 Å². The molecule has 0 atom stereocenters. The minimum absolute atomic E-state index is 0.635. The van der Waals surface area contributed by atoms with E-state index in [4.69, 9.17) is 15.1 Å². The highest BCUT2D eigenvalue weighted by atomic mass is 15.5. The van der Waals surface area contributed by atoms with Crippen LogP contribution in [-0.2, 0) is 19.4 Å². The third-order valence-corrected chi connectivity index (χ3v) is 6.95. The number of aryl methyl sites for hydroxylation is 1. The average Bonchev–Trinajstić information content (AvgIpc) is 3.56. The van der Waals surface area contributed by atoms with Crippen LogP contribution in [0.15, 0.2) is 42.6 Å². The van der Waals surface area contributed by atoms with Crippen molar-refractivity contribution in [3.05, 3.63) is 59.8 Å². The number of tetrazole rings is 1. The lowest BCUT2D eigenvalue weighted by Gasteiger charge is -2.19. The molecule has 0 radical (unpaired) electrons. The van der Waals surface area contributed by atoms with Crippen molar-refractivity contribution in [2.24, 2.45) is 5.92 Å². The van der Waals surface area contributed by atoms with E-state index in [2.05, 4.69) is 44.4 Å². The highest BCUT2D eigenvalue weighted by Gasteiger charge is 2.18. The number of unbranched alkanes of at least 4 members (excludes halogenated alkanes) is 2. The minimum atomic E-state index is 0.635. The zero-order valence-electron chi connectivity index (χ0n) is 20.5. The van der Waals surface area contributed by atoms with E-state index >= 15 is 0 Å². The van der Waals surface area contributed by atoms with Crippen molar-refractivity contribution >= 4 is 0 Å². The first kappa shape index (κ1) is 23.3. The molecule has 0 bridgehead atoms. The van der Waals surface area contributed by atoms with E-state index in [1.54, 1.807) is 0 Å². The van der Waals surface area contributed by atoms with Crippen LogP contribution in [0.1, 0.15) is 75.5 Å². The molecule has 3 aromatic heterocycles. The van der Waals surface area contributed by atoms with Crippen LogP contribution in [0.5, 0.6) is 0 Å². The molecule has 1 aliphatic carbocycles. The van der Waals surface area contributed by atoms with Crippen LogP contribution in [0.3, 0.4) is 0 Å². The summed E-state index contributed by atoms with van der Waals surface area (Å²) in [5.74, 6) is 3.50. The molecule has 182 valence electrons. The summed E-state index contributed by atoms with van der Waals surface area (Å²) in [7, 11) is 0. The van der Waals surface area contributed by atoms with E-state index in [0.29, 0.717) is 12.4 Å². The molecule has 0 spiro atoms. The number of H-pyrrole nitrogens is 1. The predicted molar refractivity (Wildman–Crippen MR) is 135 cm³/mol. The molecule has 0 saturated heterocycles. The second kappa shape index (κ2) is 11.3. The molecule has 1 aliphatic rings. The molecule has 8 heteroatoms. The van der Waals surface area contributed by atoms with Gasteiger partial charge in [0, 0.05) is 30.2 Å². The Bertz CT molecular complexity index is 1190. The molecule has 0 aliphatic heterocycles. The van der Waals surface area contributed by atoms with Gasteiger partial charge in [-0.05, 0) is 34.4 Å². The lowest BCUT2D eigenvalue weighted by molar-refractivity contribution is 0.351. The van der Waals surface area contributed by atoms with Crippen LogP contribution in [0.25, 0.3) is 22.6 Å². The van der Waals surface area contributed by atoms with Crippen LogP contribution < -0.4 is 0 Å². The number of nitrogens with one attached hydrogen (secondary N) is 1. The molecule has 0 amide bonds. The molecular weight excluding hydrogens is 436 g/mol. The Hall–Kier alpha value is -3.42. The largest absolute Gasteiger partial charge is 0.256 e. The number of rotatable bonds is 10. The Morgan fingerprint density at radius 2 is 1.86 bits per heavy atom. The minimum Gasteiger partial charge on any atom is -0.256 e. The van der Waals surface area contributed by atoms with E-state index in [9.17, 15) is 0 Å². The fraction of sp³-hybridized carbons (Fsp3) is 0.481. The smallest absolute Gasteiger partial charge is 0.180 e. The molecule has 3 heterocycles. The lowest BCUT2D eigenvalue weighted by atomic mass is 9.87. The zero-order chi connectivity index (χ0) is 23.9. The summed E-state index contributed by atoms with van der Waals surface area (Å²) < 4.78 is 2.11. The number of hydrogen-bond donors (Lipinski definition) is 1. The van der Waals surface area contributed by atoms with Crippen molar-refractivity contribution in [1.29, 1.82) is 0 Å². The van der Waals surface area contributed by atoms with E-state index in [-0.39, 0.29) is 0 Å². The van der Waals surface area contributed by atoms with Gasteiger partial charge in [-0.2, -0.15) is 5.10 Å². The van der Waals surface area contributed by atoms with Crippen LogP contribution in [-0.4, -0.2) is 40.4 Å². The topological polar surface area (TPSA) is 98.1 Å². The Kier molecular flexibility index (Phi) is 7.56. The molecule has 0 unspecified atom stereocenters. The van der Waals surface area contributed by atoms with Gasteiger partial charge in [-0.25, -0.2) is 14.8 Å². The number of aromatic nitrogens is 8. The summed E-state index contributed by atoms with van der Waals surface area (Å²) in [6.07, 6.45) is 14.2. The monoisotopic (exact) mass is 470 g/mol. The van der Waals surface area contributed by atoms with E-state index in [1.165, 1.54) is 44.9 Å². The molecule has 1 saturated carbocycles. The number of aromatic amines is 1. The fourth-order valence-electron chi connectivity index (χ4n) is 5.04. The van der Waals surface area contributed by atoms with Crippen molar-refractivity contribution < 1.29 is 0 Å². The molecule has 35 heavy (non-hydrogen) atoms. The molecule has 1 fully saturated rings. The second-order valence-electron chi connectivity index (χ2n) is 9.61. The number of nitrogens with zero attached hydrogens (tertiary/aromatic N) is 7. The average molecular weight is 471 g/mol. The van der Waals surface area contributed by atoms with Crippen molar-refractivity contribution in [3.63, 3.8) is 0 Å². The first-order chi connectivity index (χ1) is 17.3. The van der Waals surface area contributed by atoms with Crippen LogP contribution in [0.4, 0.5) is 0 Å². The van der Waals surface area contributed by atoms with Gasteiger partial charge in [0.2, 0.25) is 0 Å². The predicted octanol–water partition coefficient (Wildman–Crippen LogP) is 5.42. The third kappa shape index (κ3) is 5.81. The molecule has 1 N–H and O–H groups in total. The van der Waals surface area contributed by atoms with Crippen LogP contribution in [0.2, 0.25) is 0 Å². The van der Waals surface area contributed by atoms with Gasteiger partial charge >= 0.3 is 0 Å². The van der Waals surface area contributed by atoms with Crippen molar-refractivity contribution in [2.45, 2.75) is 77.7 Å². The summed E-state index contributed by atoms with van der Waals surface area (Å²) in [5, 5.41) is 19.3.